The molecule has 11 heavy (non-hydrogen) atoms. The molecule has 0 aliphatic heterocycles. The first-order chi connectivity index (χ1) is 5.25. The van der Waals surface area contributed by atoms with Crippen molar-refractivity contribution in [1.29, 1.82) is 0 Å². The molecule has 56 valence electrons. The summed E-state index contributed by atoms with van der Waals surface area (Å²) in [6.07, 6.45) is 1.74. The van der Waals surface area contributed by atoms with Gasteiger partial charge in [0.2, 0.25) is 0 Å². The van der Waals surface area contributed by atoms with Crippen LogP contribution in [0.4, 0.5) is 0 Å². The molecule has 0 aliphatic rings. The van der Waals surface area contributed by atoms with Crippen LogP contribution in [-0.2, 0) is 0 Å². The third-order valence-electron chi connectivity index (χ3n) is 1.18. The van der Waals surface area contributed by atoms with Crippen molar-refractivity contribution in [2.24, 2.45) is 0 Å². The average molecular weight is 372 g/mol. The zero-order chi connectivity index (χ0) is 7.84. The van der Waals surface area contributed by atoms with Crippen LogP contribution in [0.1, 0.15) is 0 Å². The van der Waals surface area contributed by atoms with Crippen molar-refractivity contribution in [1.82, 2.24) is 19.9 Å². The van der Waals surface area contributed by atoms with Gasteiger partial charge in [-0.2, -0.15) is 0 Å². The second-order valence-corrected chi connectivity index (χ2v) is 3.89. The van der Waals surface area contributed by atoms with Crippen LogP contribution in [0.5, 0.6) is 0 Å². The van der Waals surface area contributed by atoms with Crippen molar-refractivity contribution in [2.75, 3.05) is 0 Å². The number of aromatic amines is 1. The van der Waals surface area contributed by atoms with Gasteiger partial charge in [0.15, 0.2) is 13.3 Å². The molecule has 2 rings (SSSR count). The number of aromatic nitrogens is 4. The standard InChI is InChI=1S/C5H2I2N4/c6-4-8-1-2-3(10-4)11-5(7)9-2/h1H,(H,8,9,10,11). The number of fused-ring (bicyclic) bond motifs is 1. The Morgan fingerprint density at radius 2 is 2.09 bits per heavy atom. The van der Waals surface area contributed by atoms with E-state index in [0.29, 0.717) is 0 Å². The van der Waals surface area contributed by atoms with Crippen molar-refractivity contribution in [3.05, 3.63) is 13.9 Å². The predicted molar refractivity (Wildman–Crippen MR) is 57.1 cm³/mol. The zero-order valence-corrected chi connectivity index (χ0v) is 9.49. The summed E-state index contributed by atoms with van der Waals surface area (Å²) in [4.78, 5) is 15.3. The number of H-pyrrole nitrogens is 1. The van der Waals surface area contributed by atoms with Crippen LogP contribution in [-0.4, -0.2) is 19.9 Å². The molecule has 0 saturated heterocycles. The van der Waals surface area contributed by atoms with Crippen LogP contribution in [0.25, 0.3) is 11.2 Å². The molecule has 6 heteroatoms. The van der Waals surface area contributed by atoms with E-state index in [4.69, 9.17) is 0 Å². The number of nitrogens with one attached hydrogen (secondary N) is 1. The largest absolute Gasteiger partial charge is 0.331 e. The molecule has 4 nitrogen and oxygen atoms in total. The molecule has 0 fully saturated rings. The van der Waals surface area contributed by atoms with Crippen molar-refractivity contribution < 1.29 is 0 Å². The summed E-state index contributed by atoms with van der Waals surface area (Å²) in [7, 11) is 0. The van der Waals surface area contributed by atoms with Gasteiger partial charge in [-0.3, -0.25) is 0 Å². The highest BCUT2D eigenvalue weighted by Gasteiger charge is 2.01. The van der Waals surface area contributed by atoms with Gasteiger partial charge < -0.3 is 4.98 Å². The molecule has 0 radical (unpaired) electrons. The third kappa shape index (κ3) is 1.45. The van der Waals surface area contributed by atoms with E-state index in [-0.39, 0.29) is 0 Å². The second-order valence-electron chi connectivity index (χ2n) is 1.90. The number of halogens is 2. The minimum atomic E-state index is 0.720. The molecular formula is C5H2I2N4. The molecule has 2 aromatic heterocycles. The maximum Gasteiger partial charge on any atom is 0.192 e. The van der Waals surface area contributed by atoms with E-state index < -0.39 is 0 Å². The van der Waals surface area contributed by atoms with E-state index in [1.165, 1.54) is 0 Å². The van der Waals surface area contributed by atoms with E-state index in [1.54, 1.807) is 6.20 Å². The van der Waals surface area contributed by atoms with Crippen LogP contribution in [0.2, 0.25) is 0 Å². The van der Waals surface area contributed by atoms with Crippen molar-refractivity contribution in [3.63, 3.8) is 0 Å². The average Bonchev–Trinajstić information content (AvgIpc) is 2.27. The topological polar surface area (TPSA) is 54.5 Å². The van der Waals surface area contributed by atoms with E-state index in [2.05, 4.69) is 65.1 Å². The third-order valence-corrected chi connectivity index (χ3v) is 2.21. The summed E-state index contributed by atoms with van der Waals surface area (Å²) in [6, 6.07) is 0. The highest BCUT2D eigenvalue weighted by atomic mass is 127. The van der Waals surface area contributed by atoms with E-state index in [0.717, 1.165) is 18.8 Å². The van der Waals surface area contributed by atoms with Crippen LogP contribution < -0.4 is 0 Å². The van der Waals surface area contributed by atoms with E-state index in [9.17, 15) is 0 Å². The fourth-order valence-electron chi connectivity index (χ4n) is 0.757. The Kier molecular flexibility index (Phi) is 1.95. The van der Waals surface area contributed by atoms with E-state index >= 15 is 0 Å². The van der Waals surface area contributed by atoms with Gasteiger partial charge in [0.1, 0.15) is 5.52 Å². The Labute approximate surface area is 89.5 Å². The molecule has 0 unspecified atom stereocenters. The van der Waals surface area contributed by atoms with Gasteiger partial charge in [0, 0.05) is 22.6 Å². The van der Waals surface area contributed by atoms with Crippen molar-refractivity contribution in [3.8, 4) is 0 Å². The first-order valence-corrected chi connectivity index (χ1v) is 4.95. The predicted octanol–water partition coefficient (Wildman–Crippen LogP) is 1.56. The lowest BCUT2D eigenvalue weighted by Crippen LogP contribution is -1.85. The van der Waals surface area contributed by atoms with E-state index in [1.807, 2.05) is 0 Å². The number of nitrogens with zero attached hydrogens (tertiary/aromatic N) is 3. The van der Waals surface area contributed by atoms with Gasteiger partial charge in [0.05, 0.1) is 6.20 Å². The van der Waals surface area contributed by atoms with Gasteiger partial charge in [0.25, 0.3) is 0 Å². The summed E-state index contributed by atoms with van der Waals surface area (Å²) in [5.41, 5.74) is 1.61. The zero-order valence-electron chi connectivity index (χ0n) is 5.17. The summed E-state index contributed by atoms with van der Waals surface area (Å²) in [5.74, 6) is 0. The van der Waals surface area contributed by atoms with Crippen LogP contribution in [0, 0.1) is 7.66 Å². The number of hydrogen-bond acceptors (Lipinski definition) is 3. The number of rotatable bonds is 0. The normalized spacial score (nSPS) is 10.7. The smallest absolute Gasteiger partial charge is 0.192 e. The fourth-order valence-corrected chi connectivity index (χ4v) is 1.64. The van der Waals surface area contributed by atoms with Crippen molar-refractivity contribution >= 4 is 56.3 Å². The first kappa shape index (κ1) is 7.65. The molecule has 0 aromatic carbocycles. The molecule has 0 spiro atoms. The Balaban J connectivity index is 2.82. The molecule has 2 heterocycles. The fraction of sp³-hybridized carbons (Fsp3) is 0. The summed E-state index contributed by atoms with van der Waals surface area (Å²) in [6.45, 7) is 0. The number of imidazole rings is 1. The van der Waals surface area contributed by atoms with Gasteiger partial charge >= 0.3 is 0 Å². The Bertz CT molecular complexity index is 396. The maximum atomic E-state index is 4.15. The Hall–Kier alpha value is 0.01000. The molecule has 0 bridgehead atoms. The summed E-state index contributed by atoms with van der Waals surface area (Å²) in [5, 5.41) is 0. The molecule has 2 aromatic rings. The van der Waals surface area contributed by atoms with Gasteiger partial charge in [-0.25, -0.2) is 15.0 Å². The monoisotopic (exact) mass is 372 g/mol. The molecular weight excluding hydrogens is 370 g/mol. The van der Waals surface area contributed by atoms with Crippen LogP contribution >= 0.6 is 45.2 Å². The molecule has 0 saturated carbocycles. The van der Waals surface area contributed by atoms with Crippen LogP contribution in [0.3, 0.4) is 0 Å². The quantitative estimate of drug-likeness (QED) is 0.434. The van der Waals surface area contributed by atoms with Gasteiger partial charge in [-0.05, 0) is 22.6 Å². The van der Waals surface area contributed by atoms with Gasteiger partial charge in [-0.15, -0.1) is 0 Å². The molecule has 0 amide bonds. The minimum absolute atomic E-state index is 0.720. The highest BCUT2D eigenvalue weighted by molar-refractivity contribution is 14.1. The first-order valence-electron chi connectivity index (χ1n) is 2.79. The van der Waals surface area contributed by atoms with Crippen molar-refractivity contribution in [2.45, 2.75) is 0 Å². The Morgan fingerprint density at radius 3 is 2.91 bits per heavy atom. The lowest BCUT2D eigenvalue weighted by atomic mass is 10.6. The second kappa shape index (κ2) is 2.81. The summed E-state index contributed by atoms with van der Waals surface area (Å²) < 4.78 is 1.56. The summed E-state index contributed by atoms with van der Waals surface area (Å²) >= 11 is 4.17. The molecule has 0 atom stereocenters. The highest BCUT2D eigenvalue weighted by Crippen LogP contribution is 2.09. The molecule has 0 aliphatic carbocycles. The van der Waals surface area contributed by atoms with Crippen LogP contribution in [0.15, 0.2) is 6.20 Å². The minimum Gasteiger partial charge on any atom is -0.331 e. The maximum absolute atomic E-state index is 4.15. The number of hydrogen-bond donors (Lipinski definition) is 1. The Morgan fingerprint density at radius 1 is 1.27 bits per heavy atom. The lowest BCUT2D eigenvalue weighted by molar-refractivity contribution is 1.13. The SMILES string of the molecule is Ic1ncc2[nH]c(I)nc2n1. The van der Waals surface area contributed by atoms with Gasteiger partial charge in [-0.1, -0.05) is 0 Å². The molecule has 1 N–H and O–H groups in total. The lowest BCUT2D eigenvalue weighted by Gasteiger charge is -1.85.